The van der Waals surface area contributed by atoms with E-state index in [1.165, 1.54) is 0 Å². The highest BCUT2D eigenvalue weighted by atomic mass is 35.5. The second-order valence-electron chi connectivity index (χ2n) is 7.80. The van der Waals surface area contributed by atoms with Crippen molar-refractivity contribution >= 4 is 46.0 Å². The van der Waals surface area contributed by atoms with Crippen molar-refractivity contribution in [2.24, 2.45) is 0 Å². The Hall–Kier alpha value is -2.19. The van der Waals surface area contributed by atoms with Crippen LogP contribution in [-0.4, -0.2) is 55.4 Å². The Balaban J connectivity index is 1.91. The van der Waals surface area contributed by atoms with Crippen molar-refractivity contribution in [3.05, 3.63) is 69.8 Å². The Morgan fingerprint density at radius 1 is 1.19 bits per heavy atom. The summed E-state index contributed by atoms with van der Waals surface area (Å²) in [5.41, 5.74) is 5.26. The minimum Gasteiger partial charge on any atom is -0.454 e. The van der Waals surface area contributed by atoms with Gasteiger partial charge in [-0.1, -0.05) is 54.2 Å². The molecule has 2 aliphatic heterocycles. The van der Waals surface area contributed by atoms with Gasteiger partial charge in [-0.05, 0) is 35.2 Å². The number of fused-ring (bicyclic) bond motifs is 2. The summed E-state index contributed by atoms with van der Waals surface area (Å²) in [6.07, 6.45) is 2.76. The smallest absolute Gasteiger partial charge is 0.231 e. The maximum atomic E-state index is 6.83. The van der Waals surface area contributed by atoms with Crippen LogP contribution in [0.15, 0.2) is 36.9 Å². The first-order valence-electron chi connectivity index (χ1n) is 10.5. The first-order valence-corrected chi connectivity index (χ1v) is 11.7. The molecule has 8 heteroatoms. The predicted octanol–water partition coefficient (Wildman–Crippen LogP) is 4.03. The number of halogens is 1. The van der Waals surface area contributed by atoms with Crippen molar-refractivity contribution in [3.63, 3.8) is 0 Å². The van der Waals surface area contributed by atoms with E-state index in [0.717, 1.165) is 53.9 Å². The van der Waals surface area contributed by atoms with Crippen LogP contribution in [0.5, 0.6) is 11.5 Å². The first-order chi connectivity index (χ1) is 15.5. The third-order valence-electron chi connectivity index (χ3n) is 6.01. The van der Waals surface area contributed by atoms with Gasteiger partial charge < -0.3 is 20.1 Å². The molecular weight excluding hydrogens is 462 g/mol. The van der Waals surface area contributed by atoms with Gasteiger partial charge in [-0.2, -0.15) is 0 Å². The van der Waals surface area contributed by atoms with Crippen LogP contribution >= 0.6 is 36.0 Å². The lowest BCUT2D eigenvalue weighted by Gasteiger charge is -2.27. The van der Waals surface area contributed by atoms with E-state index in [2.05, 4.69) is 40.3 Å². The molecule has 0 bridgehead atoms. The number of hydrogen-bond acceptors (Lipinski definition) is 5. The summed E-state index contributed by atoms with van der Waals surface area (Å²) in [4.78, 5) is 3.74. The molecule has 5 nitrogen and oxygen atoms in total. The summed E-state index contributed by atoms with van der Waals surface area (Å²) >= 11 is 18.0. The van der Waals surface area contributed by atoms with E-state index in [9.17, 15) is 0 Å². The van der Waals surface area contributed by atoms with Gasteiger partial charge in [-0.3, -0.25) is 4.90 Å². The van der Waals surface area contributed by atoms with E-state index < -0.39 is 0 Å². The molecule has 2 aliphatic rings. The van der Waals surface area contributed by atoms with Gasteiger partial charge in [0.05, 0.1) is 5.02 Å². The third-order valence-corrected chi connectivity index (χ3v) is 7.28. The molecule has 2 N–H and O–H groups in total. The molecule has 0 saturated heterocycles. The molecule has 32 heavy (non-hydrogen) atoms. The van der Waals surface area contributed by atoms with Crippen molar-refractivity contribution in [3.8, 4) is 11.5 Å². The Morgan fingerprint density at radius 2 is 1.97 bits per heavy atom. The molecule has 1 atom stereocenters. The van der Waals surface area contributed by atoms with Crippen LogP contribution in [-0.2, 0) is 6.42 Å². The zero-order valence-electron chi connectivity index (χ0n) is 18.2. The number of thiocarbonyl (C=S) groups is 2. The summed E-state index contributed by atoms with van der Waals surface area (Å²) in [5, 5.41) is 6.84. The van der Waals surface area contributed by atoms with Crippen molar-refractivity contribution < 1.29 is 9.47 Å². The zero-order chi connectivity index (χ0) is 22.8. The highest BCUT2D eigenvalue weighted by Crippen LogP contribution is 2.47. The molecule has 2 aromatic carbocycles. The molecule has 168 valence electrons. The predicted molar refractivity (Wildman–Crippen MR) is 138 cm³/mol. The van der Waals surface area contributed by atoms with E-state index in [1.807, 2.05) is 26.2 Å². The third kappa shape index (κ3) is 4.22. The molecule has 0 amide bonds. The minimum atomic E-state index is 0.0398. The normalized spacial score (nSPS) is 17.3. The van der Waals surface area contributed by atoms with Gasteiger partial charge in [0, 0.05) is 50.8 Å². The van der Waals surface area contributed by atoms with E-state index in [0.29, 0.717) is 26.5 Å². The lowest BCUT2D eigenvalue weighted by molar-refractivity contribution is 0.174. The Bertz CT molecular complexity index is 1090. The van der Waals surface area contributed by atoms with Gasteiger partial charge in [0.1, 0.15) is 9.98 Å². The van der Waals surface area contributed by atoms with Crippen LogP contribution in [0.4, 0.5) is 0 Å². The summed E-state index contributed by atoms with van der Waals surface area (Å²) < 4.78 is 11.4. The molecule has 1 unspecified atom stereocenters. The van der Waals surface area contributed by atoms with Crippen molar-refractivity contribution in [2.75, 3.05) is 40.5 Å². The number of benzene rings is 2. The average molecular weight is 488 g/mol. The van der Waals surface area contributed by atoms with Crippen LogP contribution in [0, 0.1) is 0 Å². The monoisotopic (exact) mass is 487 g/mol. The molecule has 0 saturated carbocycles. The van der Waals surface area contributed by atoms with Gasteiger partial charge in [0.15, 0.2) is 11.5 Å². The number of nitrogens with one attached hydrogen (secondary N) is 2. The fourth-order valence-electron chi connectivity index (χ4n) is 4.43. The summed E-state index contributed by atoms with van der Waals surface area (Å²) in [6, 6.07) is 8.32. The topological polar surface area (TPSA) is 45.8 Å². The maximum Gasteiger partial charge on any atom is 0.231 e. The minimum absolute atomic E-state index is 0.0398. The zero-order valence-corrected chi connectivity index (χ0v) is 20.6. The molecule has 0 fully saturated rings. The quantitative estimate of drug-likeness (QED) is 0.487. The van der Waals surface area contributed by atoms with Crippen LogP contribution in [0.1, 0.15) is 33.7 Å². The van der Waals surface area contributed by atoms with Crippen molar-refractivity contribution in [1.29, 1.82) is 0 Å². The largest absolute Gasteiger partial charge is 0.454 e. The van der Waals surface area contributed by atoms with Crippen molar-refractivity contribution in [1.82, 2.24) is 15.5 Å². The lowest BCUT2D eigenvalue weighted by Crippen LogP contribution is -2.30. The molecule has 0 spiro atoms. The Morgan fingerprint density at radius 3 is 2.69 bits per heavy atom. The molecular formula is C24H26ClN3O2S2. The second-order valence-corrected chi connectivity index (χ2v) is 9.00. The lowest BCUT2D eigenvalue weighted by atomic mass is 9.84. The van der Waals surface area contributed by atoms with Gasteiger partial charge in [-0.15, -0.1) is 6.58 Å². The van der Waals surface area contributed by atoms with Crippen LogP contribution < -0.4 is 20.1 Å². The van der Waals surface area contributed by atoms with E-state index in [1.54, 1.807) is 0 Å². The molecule has 4 rings (SSSR count). The van der Waals surface area contributed by atoms with Gasteiger partial charge >= 0.3 is 0 Å². The van der Waals surface area contributed by atoms with Crippen LogP contribution in [0.3, 0.4) is 0 Å². The van der Waals surface area contributed by atoms with Gasteiger partial charge in [0.2, 0.25) is 6.79 Å². The SMILES string of the molecule is C=CCN1CCc2c(cc3c(c2Cl)OCO3)C(c2ccc(C(=S)NC)cc2C(=S)NC)C1. The van der Waals surface area contributed by atoms with E-state index in [4.69, 9.17) is 45.5 Å². The van der Waals surface area contributed by atoms with Gasteiger partial charge in [0.25, 0.3) is 0 Å². The van der Waals surface area contributed by atoms with Gasteiger partial charge in [-0.25, -0.2) is 0 Å². The number of rotatable bonds is 5. The summed E-state index contributed by atoms with van der Waals surface area (Å²) in [7, 11) is 3.67. The molecule has 2 heterocycles. The molecule has 0 aliphatic carbocycles. The van der Waals surface area contributed by atoms with Crippen molar-refractivity contribution in [2.45, 2.75) is 12.3 Å². The number of nitrogens with zero attached hydrogens (tertiary/aromatic N) is 1. The highest BCUT2D eigenvalue weighted by Gasteiger charge is 2.32. The second kappa shape index (κ2) is 9.75. The van der Waals surface area contributed by atoms with Crippen LogP contribution in [0.25, 0.3) is 0 Å². The summed E-state index contributed by atoms with van der Waals surface area (Å²) in [6.45, 7) is 6.61. The molecule has 2 aromatic rings. The molecule has 0 radical (unpaired) electrons. The van der Waals surface area contributed by atoms with E-state index in [-0.39, 0.29) is 12.7 Å². The standard InChI is InChI=1S/C24H26ClN3O2S2/c1-4-8-28-9-7-16-17(11-20-22(21(16)25)30-13-29-20)19(12-28)15-6-5-14(23(31)26-2)10-18(15)24(32)27-3/h4-6,10-11,19H,1,7-9,12-13H2,2-3H3,(H,26,31)(H,27,32). The average Bonchev–Trinajstić information content (AvgIpc) is 3.21. The number of ether oxygens (including phenoxy) is 2. The van der Waals surface area contributed by atoms with Crippen LogP contribution in [0.2, 0.25) is 5.02 Å². The first kappa shape index (κ1) is 23.0. The maximum absolute atomic E-state index is 6.83. The fraction of sp³-hybridized carbons (Fsp3) is 0.333. The van der Waals surface area contributed by atoms with E-state index >= 15 is 0 Å². The Labute approximate surface area is 204 Å². The highest BCUT2D eigenvalue weighted by molar-refractivity contribution is 7.81. The molecule has 0 aromatic heterocycles. The Kier molecular flexibility index (Phi) is 7.00. The summed E-state index contributed by atoms with van der Waals surface area (Å²) in [5.74, 6) is 1.38. The number of hydrogen-bond donors (Lipinski definition) is 2. The fourth-order valence-corrected chi connectivity index (χ4v) is 5.09.